The van der Waals surface area contributed by atoms with Crippen molar-refractivity contribution in [1.82, 2.24) is 4.90 Å². The molecule has 0 aromatic heterocycles. The molecule has 2 rings (SSSR count). The zero-order valence-corrected chi connectivity index (χ0v) is 9.66. The largest absolute Gasteiger partial charge is 0.382 e. The van der Waals surface area contributed by atoms with Crippen molar-refractivity contribution in [2.24, 2.45) is 0 Å². The Bertz CT molecular complexity index is 297. The van der Waals surface area contributed by atoms with Crippen LogP contribution < -0.4 is 5.32 Å². The number of piperidine rings is 1. The maximum absolute atomic E-state index is 3.60. The first-order chi connectivity index (χ1) is 7.24. The molecule has 1 aromatic rings. The third kappa shape index (κ3) is 2.96. The van der Waals surface area contributed by atoms with Gasteiger partial charge in [0.2, 0.25) is 0 Å². The van der Waals surface area contributed by atoms with E-state index >= 15 is 0 Å². The number of aryl methyl sites for hydroxylation is 1. The maximum Gasteiger partial charge on any atom is 0.0342 e. The van der Waals surface area contributed by atoms with E-state index < -0.39 is 0 Å². The van der Waals surface area contributed by atoms with E-state index in [4.69, 9.17) is 0 Å². The zero-order valence-electron chi connectivity index (χ0n) is 9.66. The van der Waals surface area contributed by atoms with Crippen molar-refractivity contribution in [1.29, 1.82) is 0 Å². The molecule has 2 nitrogen and oxygen atoms in total. The SMILES string of the molecule is Cc1ccc(NC2CCN(C)CC2)cc1. The number of nitrogens with one attached hydrogen (secondary N) is 1. The van der Waals surface area contributed by atoms with Crippen LogP contribution in [-0.4, -0.2) is 31.1 Å². The average Bonchev–Trinajstić information content (AvgIpc) is 2.25. The first-order valence-corrected chi connectivity index (χ1v) is 5.76. The number of hydrogen-bond acceptors (Lipinski definition) is 2. The van der Waals surface area contributed by atoms with Crippen molar-refractivity contribution >= 4 is 5.69 Å². The summed E-state index contributed by atoms with van der Waals surface area (Å²) in [6.45, 7) is 4.55. The maximum atomic E-state index is 3.60. The fourth-order valence-corrected chi connectivity index (χ4v) is 2.04. The number of nitrogens with zero attached hydrogens (tertiary/aromatic N) is 1. The van der Waals surface area contributed by atoms with Crippen molar-refractivity contribution in [3.05, 3.63) is 29.8 Å². The molecule has 1 aromatic carbocycles. The van der Waals surface area contributed by atoms with E-state index in [2.05, 4.69) is 48.5 Å². The van der Waals surface area contributed by atoms with Gasteiger partial charge in [-0.15, -0.1) is 0 Å². The molecule has 0 bridgehead atoms. The minimum absolute atomic E-state index is 0.656. The lowest BCUT2D eigenvalue weighted by atomic mass is 10.1. The molecular formula is C13H20N2. The Hall–Kier alpha value is -1.02. The molecule has 1 fully saturated rings. The molecule has 0 spiro atoms. The normalized spacial score (nSPS) is 19.1. The van der Waals surface area contributed by atoms with Crippen LogP contribution in [0.1, 0.15) is 18.4 Å². The summed E-state index contributed by atoms with van der Waals surface area (Å²) in [6, 6.07) is 9.33. The smallest absolute Gasteiger partial charge is 0.0342 e. The van der Waals surface area contributed by atoms with Gasteiger partial charge in [0.05, 0.1) is 0 Å². The summed E-state index contributed by atoms with van der Waals surface area (Å²) in [5, 5.41) is 3.60. The first-order valence-electron chi connectivity index (χ1n) is 5.76. The fraction of sp³-hybridized carbons (Fsp3) is 0.538. The minimum atomic E-state index is 0.656. The summed E-state index contributed by atoms with van der Waals surface area (Å²) in [5.41, 5.74) is 2.58. The molecule has 82 valence electrons. The predicted octanol–water partition coefficient (Wildman–Crippen LogP) is 2.50. The molecule has 1 heterocycles. The van der Waals surface area contributed by atoms with E-state index in [1.165, 1.54) is 37.2 Å². The van der Waals surface area contributed by atoms with Gasteiger partial charge in [0, 0.05) is 11.7 Å². The van der Waals surface area contributed by atoms with Crippen molar-refractivity contribution < 1.29 is 0 Å². The Morgan fingerprint density at radius 2 is 1.73 bits per heavy atom. The summed E-state index contributed by atoms with van der Waals surface area (Å²) in [6.07, 6.45) is 2.51. The van der Waals surface area contributed by atoms with Gasteiger partial charge in [0.1, 0.15) is 0 Å². The third-order valence-corrected chi connectivity index (χ3v) is 3.14. The number of hydrogen-bond donors (Lipinski definition) is 1. The molecular weight excluding hydrogens is 184 g/mol. The van der Waals surface area contributed by atoms with E-state index in [9.17, 15) is 0 Å². The molecule has 1 aliphatic heterocycles. The predicted molar refractivity (Wildman–Crippen MR) is 65.3 cm³/mol. The molecule has 15 heavy (non-hydrogen) atoms. The van der Waals surface area contributed by atoms with Gasteiger partial charge in [-0.25, -0.2) is 0 Å². The van der Waals surface area contributed by atoms with Crippen LogP contribution in [0.15, 0.2) is 24.3 Å². The number of benzene rings is 1. The van der Waals surface area contributed by atoms with Crippen LogP contribution in [0, 0.1) is 6.92 Å². The van der Waals surface area contributed by atoms with Crippen LogP contribution in [0.4, 0.5) is 5.69 Å². The second-order valence-electron chi connectivity index (χ2n) is 4.59. The molecule has 1 N–H and O–H groups in total. The van der Waals surface area contributed by atoms with E-state index in [0.29, 0.717) is 6.04 Å². The molecule has 0 amide bonds. The van der Waals surface area contributed by atoms with Crippen LogP contribution >= 0.6 is 0 Å². The van der Waals surface area contributed by atoms with E-state index in [0.717, 1.165) is 0 Å². The van der Waals surface area contributed by atoms with Gasteiger partial charge in [0.15, 0.2) is 0 Å². The van der Waals surface area contributed by atoms with Gasteiger partial charge >= 0.3 is 0 Å². The Morgan fingerprint density at radius 3 is 2.33 bits per heavy atom. The van der Waals surface area contributed by atoms with Crippen molar-refractivity contribution in [2.45, 2.75) is 25.8 Å². The molecule has 2 heteroatoms. The van der Waals surface area contributed by atoms with Gasteiger partial charge in [-0.3, -0.25) is 0 Å². The molecule has 0 saturated carbocycles. The van der Waals surface area contributed by atoms with Gasteiger partial charge in [-0.05, 0) is 52.0 Å². The lowest BCUT2D eigenvalue weighted by Gasteiger charge is -2.30. The summed E-state index contributed by atoms with van der Waals surface area (Å²) in [4.78, 5) is 2.40. The van der Waals surface area contributed by atoms with Crippen molar-refractivity contribution in [2.75, 3.05) is 25.5 Å². The highest BCUT2D eigenvalue weighted by molar-refractivity contribution is 5.45. The van der Waals surface area contributed by atoms with Gasteiger partial charge in [-0.2, -0.15) is 0 Å². The Morgan fingerprint density at radius 1 is 1.13 bits per heavy atom. The lowest BCUT2D eigenvalue weighted by Crippen LogP contribution is -2.36. The highest BCUT2D eigenvalue weighted by atomic mass is 15.1. The molecule has 1 saturated heterocycles. The number of anilines is 1. The first kappa shape index (κ1) is 10.5. The zero-order chi connectivity index (χ0) is 10.7. The number of likely N-dealkylation sites (tertiary alicyclic amines) is 1. The van der Waals surface area contributed by atoms with Gasteiger partial charge in [0.25, 0.3) is 0 Å². The second-order valence-corrected chi connectivity index (χ2v) is 4.59. The summed E-state index contributed by atoms with van der Waals surface area (Å²) in [5.74, 6) is 0. The fourth-order valence-electron chi connectivity index (χ4n) is 2.04. The van der Waals surface area contributed by atoms with E-state index in [-0.39, 0.29) is 0 Å². The molecule has 0 unspecified atom stereocenters. The van der Waals surface area contributed by atoms with Crippen LogP contribution in [0.2, 0.25) is 0 Å². The second kappa shape index (κ2) is 4.67. The van der Waals surface area contributed by atoms with Crippen LogP contribution in [0.5, 0.6) is 0 Å². The Kier molecular flexibility index (Phi) is 3.27. The van der Waals surface area contributed by atoms with Gasteiger partial charge < -0.3 is 10.2 Å². The topological polar surface area (TPSA) is 15.3 Å². The molecule has 0 aliphatic carbocycles. The minimum Gasteiger partial charge on any atom is -0.382 e. The summed E-state index contributed by atoms with van der Waals surface area (Å²) >= 11 is 0. The van der Waals surface area contributed by atoms with Gasteiger partial charge in [-0.1, -0.05) is 17.7 Å². The van der Waals surface area contributed by atoms with Crippen LogP contribution in [-0.2, 0) is 0 Å². The van der Waals surface area contributed by atoms with Crippen LogP contribution in [0.3, 0.4) is 0 Å². The van der Waals surface area contributed by atoms with Crippen LogP contribution in [0.25, 0.3) is 0 Å². The van der Waals surface area contributed by atoms with E-state index in [1.807, 2.05) is 0 Å². The average molecular weight is 204 g/mol. The standard InChI is InChI=1S/C13H20N2/c1-11-3-5-12(6-4-11)14-13-7-9-15(2)10-8-13/h3-6,13-14H,7-10H2,1-2H3. The molecule has 1 aliphatic rings. The van der Waals surface area contributed by atoms with E-state index in [1.54, 1.807) is 0 Å². The van der Waals surface area contributed by atoms with Crippen molar-refractivity contribution in [3.8, 4) is 0 Å². The third-order valence-electron chi connectivity index (χ3n) is 3.14. The Labute approximate surface area is 92.3 Å². The van der Waals surface area contributed by atoms with Crippen molar-refractivity contribution in [3.63, 3.8) is 0 Å². The quantitative estimate of drug-likeness (QED) is 0.796. The highest BCUT2D eigenvalue weighted by Crippen LogP contribution is 2.16. The summed E-state index contributed by atoms with van der Waals surface area (Å²) in [7, 11) is 2.20. The molecule has 0 radical (unpaired) electrons. The Balaban J connectivity index is 1.89. The number of rotatable bonds is 2. The lowest BCUT2D eigenvalue weighted by molar-refractivity contribution is 0.264. The summed E-state index contributed by atoms with van der Waals surface area (Å²) < 4.78 is 0. The highest BCUT2D eigenvalue weighted by Gasteiger charge is 2.15. The molecule has 0 atom stereocenters. The monoisotopic (exact) mass is 204 g/mol.